The van der Waals surface area contributed by atoms with Gasteiger partial charge in [-0.2, -0.15) is 18.3 Å². The summed E-state index contributed by atoms with van der Waals surface area (Å²) in [5.74, 6) is 0. The maximum Gasteiger partial charge on any atom is 0.393 e. The van der Waals surface area contributed by atoms with Crippen LogP contribution in [-0.4, -0.2) is 65.3 Å². The van der Waals surface area contributed by atoms with Gasteiger partial charge in [-0.25, -0.2) is 4.39 Å². The summed E-state index contributed by atoms with van der Waals surface area (Å²) < 4.78 is 56.2. The normalized spacial score (nSPS) is 20.0. The van der Waals surface area contributed by atoms with E-state index >= 15 is 0 Å². The van der Waals surface area contributed by atoms with Crippen LogP contribution in [0.4, 0.5) is 23.2 Å². The molecule has 1 aliphatic rings. The summed E-state index contributed by atoms with van der Waals surface area (Å²) in [5, 5.41) is 23.9. The molecule has 4 rings (SSSR count). The van der Waals surface area contributed by atoms with Crippen molar-refractivity contribution >= 4 is 33.3 Å². The topological polar surface area (TPSA) is 83.7 Å². The van der Waals surface area contributed by atoms with E-state index in [1.807, 2.05) is 0 Å². The van der Waals surface area contributed by atoms with Crippen LogP contribution in [0.5, 0.6) is 0 Å². The highest BCUT2D eigenvalue weighted by molar-refractivity contribution is 7.21. The number of aliphatic hydroxyl groups is 1. The minimum Gasteiger partial charge on any atom is -0.392 e. The molecule has 1 fully saturated rings. The molecule has 1 saturated heterocycles. The molecule has 2 aromatic heterocycles. The van der Waals surface area contributed by atoms with E-state index in [0.29, 0.717) is 22.3 Å². The molecule has 3 N–H and O–H groups in total. The second-order valence-electron chi connectivity index (χ2n) is 7.72. The van der Waals surface area contributed by atoms with Crippen LogP contribution in [0.2, 0.25) is 0 Å². The number of hydrogen-bond donors (Lipinski definition) is 3. The Hall–Kier alpha value is -2.70. The van der Waals surface area contributed by atoms with Gasteiger partial charge in [-0.3, -0.25) is 4.68 Å². The molecule has 3 atom stereocenters. The number of alkyl halides is 4. The van der Waals surface area contributed by atoms with Gasteiger partial charge < -0.3 is 20.6 Å². The zero-order chi connectivity index (χ0) is 23.4. The lowest BCUT2D eigenvalue weighted by Gasteiger charge is -2.16. The monoisotopic (exact) mass is 485 g/mol. The van der Waals surface area contributed by atoms with Crippen molar-refractivity contribution in [2.24, 2.45) is 5.16 Å². The van der Waals surface area contributed by atoms with Crippen molar-refractivity contribution in [2.45, 2.75) is 37.5 Å². The number of halogens is 4. The molecule has 0 bridgehead atoms. The second kappa shape index (κ2) is 10.1. The third kappa shape index (κ3) is 5.81. The minimum atomic E-state index is -4.42. The number of oxime groups is 1. The lowest BCUT2D eigenvalue weighted by Crippen LogP contribution is -2.29. The Balaban J connectivity index is 1.60. The summed E-state index contributed by atoms with van der Waals surface area (Å²) in [6.45, 7) is 0.556. The van der Waals surface area contributed by atoms with Crippen molar-refractivity contribution in [3.63, 3.8) is 0 Å². The van der Waals surface area contributed by atoms with Gasteiger partial charge in [0.05, 0.1) is 47.1 Å². The van der Waals surface area contributed by atoms with Crippen LogP contribution in [0, 0.1) is 0 Å². The van der Waals surface area contributed by atoms with Gasteiger partial charge in [0.15, 0.2) is 6.10 Å². The summed E-state index contributed by atoms with van der Waals surface area (Å²) >= 11 is 1.13. The quantitative estimate of drug-likeness (QED) is 0.246. The van der Waals surface area contributed by atoms with Gasteiger partial charge in [-0.15, -0.1) is 11.3 Å². The van der Waals surface area contributed by atoms with Crippen molar-refractivity contribution in [1.82, 2.24) is 15.1 Å². The van der Waals surface area contributed by atoms with E-state index in [-0.39, 0.29) is 30.1 Å². The smallest absolute Gasteiger partial charge is 0.392 e. The summed E-state index contributed by atoms with van der Waals surface area (Å²) in [7, 11) is 0. The van der Waals surface area contributed by atoms with E-state index in [1.54, 1.807) is 41.3 Å². The van der Waals surface area contributed by atoms with E-state index < -0.39 is 30.9 Å². The van der Waals surface area contributed by atoms with Gasteiger partial charge in [0.25, 0.3) is 0 Å². The number of nitrogens with one attached hydrogen (secondary N) is 2. The molecule has 178 valence electrons. The highest BCUT2D eigenvalue weighted by atomic mass is 32.1. The highest BCUT2D eigenvalue weighted by Gasteiger charge is 2.32. The summed E-state index contributed by atoms with van der Waals surface area (Å²) in [4.78, 5) is 5.60. The minimum absolute atomic E-state index is 0.0764. The Morgan fingerprint density at radius 3 is 2.88 bits per heavy atom. The van der Waals surface area contributed by atoms with Gasteiger partial charge in [-0.05, 0) is 23.1 Å². The molecular formula is C21H23F4N5O2S. The molecule has 1 aromatic carbocycles. The Bertz CT molecular complexity index is 1090. The number of nitrogens with zero attached hydrogens (tertiary/aromatic N) is 3. The predicted octanol–water partition coefficient (Wildman–Crippen LogP) is 3.34. The third-order valence-electron chi connectivity index (χ3n) is 5.24. The van der Waals surface area contributed by atoms with E-state index in [2.05, 4.69) is 20.9 Å². The molecule has 3 aromatic rings. The van der Waals surface area contributed by atoms with Crippen molar-refractivity contribution in [2.75, 3.05) is 25.0 Å². The first-order chi connectivity index (χ1) is 15.8. The molecule has 1 unspecified atom stereocenters. The Labute approximate surface area is 191 Å². The van der Waals surface area contributed by atoms with Crippen LogP contribution in [0.25, 0.3) is 10.1 Å². The number of anilines is 1. The Kier molecular flexibility index (Phi) is 7.15. The molecule has 3 heterocycles. The Morgan fingerprint density at radius 1 is 1.36 bits per heavy atom. The fourth-order valence-corrected chi connectivity index (χ4v) is 4.84. The van der Waals surface area contributed by atoms with Gasteiger partial charge in [0, 0.05) is 25.5 Å². The van der Waals surface area contributed by atoms with E-state index in [0.717, 1.165) is 11.3 Å². The number of aromatic nitrogens is 2. The van der Waals surface area contributed by atoms with Gasteiger partial charge in [0.2, 0.25) is 0 Å². The molecule has 0 saturated carbocycles. The van der Waals surface area contributed by atoms with Crippen LogP contribution in [0.1, 0.15) is 10.4 Å². The largest absolute Gasteiger partial charge is 0.393 e. The molecule has 0 spiro atoms. The summed E-state index contributed by atoms with van der Waals surface area (Å²) in [5.41, 5.74) is 0.650. The number of fused-ring (bicyclic) bond motifs is 1. The number of rotatable bonds is 9. The zero-order valence-electron chi connectivity index (χ0n) is 17.4. The van der Waals surface area contributed by atoms with Crippen LogP contribution in [0.3, 0.4) is 0 Å². The fourth-order valence-electron chi connectivity index (χ4n) is 3.68. The predicted molar refractivity (Wildman–Crippen MR) is 119 cm³/mol. The number of benzene rings is 1. The maximum absolute atomic E-state index is 14.1. The lowest BCUT2D eigenvalue weighted by molar-refractivity contribution is -0.126. The van der Waals surface area contributed by atoms with Crippen molar-refractivity contribution in [1.29, 1.82) is 0 Å². The standard InChI is InChI=1S/C21H23F4N5O2S/c22-16-8-26-9-18(16)29-17-4-1-3-14-15(7-21(23,24)25)19(33-20(14)17)10-28-32-13(12-31)11-30-6-2-5-27-30/h1-6,10,13,16,18,26,29,31H,7-9,11-12H2/b28-10+/t13?,16-,18+/m0/s1. The van der Waals surface area contributed by atoms with Crippen molar-refractivity contribution in [3.05, 3.63) is 47.1 Å². The molecule has 1 aliphatic heterocycles. The molecule has 0 aliphatic carbocycles. The number of hydrogen-bond acceptors (Lipinski definition) is 7. The first-order valence-corrected chi connectivity index (χ1v) is 11.2. The number of thiophene rings is 1. The third-order valence-corrected chi connectivity index (χ3v) is 6.46. The highest BCUT2D eigenvalue weighted by Crippen LogP contribution is 2.39. The average molecular weight is 486 g/mol. The summed E-state index contributed by atoms with van der Waals surface area (Å²) in [6.07, 6.45) is -2.85. The van der Waals surface area contributed by atoms with Crippen molar-refractivity contribution in [3.8, 4) is 0 Å². The molecule has 7 nitrogen and oxygen atoms in total. The lowest BCUT2D eigenvalue weighted by atomic mass is 10.1. The summed E-state index contributed by atoms with van der Waals surface area (Å²) in [6, 6.07) is 6.25. The van der Waals surface area contributed by atoms with Crippen LogP contribution in [0.15, 0.2) is 41.8 Å². The van der Waals surface area contributed by atoms with Gasteiger partial charge >= 0.3 is 6.18 Å². The molecule has 33 heavy (non-hydrogen) atoms. The fraction of sp³-hybridized carbons (Fsp3) is 0.429. The molecule has 12 heteroatoms. The van der Waals surface area contributed by atoms with E-state index in [1.165, 1.54) is 6.21 Å². The zero-order valence-corrected chi connectivity index (χ0v) is 18.2. The van der Waals surface area contributed by atoms with Gasteiger partial charge in [0.1, 0.15) is 6.17 Å². The van der Waals surface area contributed by atoms with E-state index in [9.17, 15) is 22.7 Å². The average Bonchev–Trinajstić information content (AvgIpc) is 3.49. The van der Waals surface area contributed by atoms with Crippen LogP contribution in [-0.2, 0) is 17.8 Å². The maximum atomic E-state index is 14.1. The molecule has 0 amide bonds. The van der Waals surface area contributed by atoms with Crippen molar-refractivity contribution < 1.29 is 27.5 Å². The van der Waals surface area contributed by atoms with Gasteiger partial charge in [-0.1, -0.05) is 17.3 Å². The van der Waals surface area contributed by atoms with Crippen LogP contribution < -0.4 is 10.6 Å². The van der Waals surface area contributed by atoms with E-state index in [4.69, 9.17) is 4.84 Å². The molecule has 0 radical (unpaired) electrons. The first kappa shape index (κ1) is 23.5. The van der Waals surface area contributed by atoms with Crippen LogP contribution >= 0.6 is 11.3 Å². The SMILES string of the molecule is OCC(Cn1cccn1)O/N=C/c1sc2c(N[C@@H]3CNC[C@@H]3F)cccc2c1CC(F)(F)F. The first-order valence-electron chi connectivity index (χ1n) is 10.3. The Morgan fingerprint density at radius 2 is 2.21 bits per heavy atom. The molecular weight excluding hydrogens is 462 g/mol. The number of aliphatic hydroxyl groups excluding tert-OH is 1. The second-order valence-corrected chi connectivity index (χ2v) is 8.77.